The number of rotatable bonds is 2. The summed E-state index contributed by atoms with van der Waals surface area (Å²) < 4.78 is 10.3. The van der Waals surface area contributed by atoms with Gasteiger partial charge in [-0.2, -0.15) is 0 Å². The molecule has 0 spiro atoms. The van der Waals surface area contributed by atoms with Gasteiger partial charge < -0.3 is 25.4 Å². The molecule has 5 nitrogen and oxygen atoms in total. The van der Waals surface area contributed by atoms with Crippen LogP contribution >= 0.6 is 0 Å². The molecule has 2 unspecified atom stereocenters. The standard InChI is InChI=1S/C10H13NO4/c1-5(11)9(13)8-6(12)2-3-7-10(8)15-4-14-7/h2-3,5,9,12-13H,4,11H2,1H3. The SMILES string of the molecule is CC(N)C(O)c1c(O)ccc2c1OCO2. The summed E-state index contributed by atoms with van der Waals surface area (Å²) in [7, 11) is 0. The molecule has 2 atom stereocenters. The second kappa shape index (κ2) is 3.60. The van der Waals surface area contributed by atoms with Crippen molar-refractivity contribution in [1.82, 2.24) is 0 Å². The Kier molecular flexibility index (Phi) is 2.42. The molecule has 1 aromatic rings. The summed E-state index contributed by atoms with van der Waals surface area (Å²) in [4.78, 5) is 0. The molecule has 5 heteroatoms. The minimum Gasteiger partial charge on any atom is -0.507 e. The van der Waals surface area contributed by atoms with E-state index in [9.17, 15) is 10.2 Å². The molecular weight excluding hydrogens is 198 g/mol. The lowest BCUT2D eigenvalue weighted by Gasteiger charge is -2.17. The molecule has 0 saturated carbocycles. The van der Waals surface area contributed by atoms with E-state index in [1.165, 1.54) is 6.07 Å². The van der Waals surface area contributed by atoms with Crippen LogP contribution in [-0.2, 0) is 0 Å². The van der Waals surface area contributed by atoms with E-state index in [1.54, 1.807) is 13.0 Å². The molecule has 1 aliphatic heterocycles. The average Bonchev–Trinajstić information content (AvgIpc) is 2.64. The normalized spacial score (nSPS) is 17.5. The predicted octanol–water partition coefficient (Wildman–Crippen LogP) is 0.502. The van der Waals surface area contributed by atoms with Crippen molar-refractivity contribution in [2.24, 2.45) is 5.73 Å². The van der Waals surface area contributed by atoms with Crippen LogP contribution in [0.3, 0.4) is 0 Å². The van der Waals surface area contributed by atoms with Gasteiger partial charge in [0.05, 0.1) is 5.56 Å². The van der Waals surface area contributed by atoms with Crippen molar-refractivity contribution in [2.75, 3.05) is 6.79 Å². The molecule has 4 N–H and O–H groups in total. The summed E-state index contributed by atoms with van der Waals surface area (Å²) in [6.07, 6.45) is -0.971. The summed E-state index contributed by atoms with van der Waals surface area (Å²) in [6.45, 7) is 1.75. The third-order valence-corrected chi connectivity index (χ3v) is 2.35. The third-order valence-electron chi connectivity index (χ3n) is 2.35. The summed E-state index contributed by atoms with van der Waals surface area (Å²) in [5.74, 6) is 0.853. The van der Waals surface area contributed by atoms with E-state index in [4.69, 9.17) is 15.2 Å². The van der Waals surface area contributed by atoms with Crippen molar-refractivity contribution >= 4 is 0 Å². The van der Waals surface area contributed by atoms with Gasteiger partial charge in [0.25, 0.3) is 0 Å². The number of aromatic hydroxyl groups is 1. The quantitative estimate of drug-likeness (QED) is 0.663. The Labute approximate surface area is 87.0 Å². The second-order valence-corrected chi connectivity index (χ2v) is 3.54. The summed E-state index contributed by atoms with van der Waals surface area (Å²) >= 11 is 0. The van der Waals surface area contributed by atoms with E-state index in [0.717, 1.165) is 0 Å². The highest BCUT2D eigenvalue weighted by Crippen LogP contribution is 2.43. The van der Waals surface area contributed by atoms with Crippen LogP contribution in [0.25, 0.3) is 0 Å². The number of fused-ring (bicyclic) bond motifs is 1. The van der Waals surface area contributed by atoms with Gasteiger partial charge in [0.1, 0.15) is 11.9 Å². The molecule has 0 aliphatic carbocycles. The zero-order chi connectivity index (χ0) is 11.0. The molecule has 0 aromatic heterocycles. The van der Waals surface area contributed by atoms with Crippen LogP contribution in [-0.4, -0.2) is 23.0 Å². The number of benzene rings is 1. The smallest absolute Gasteiger partial charge is 0.231 e. The number of phenols is 1. The van der Waals surface area contributed by atoms with Gasteiger partial charge in [-0.25, -0.2) is 0 Å². The van der Waals surface area contributed by atoms with E-state index in [0.29, 0.717) is 17.1 Å². The molecule has 2 rings (SSSR count). The molecule has 1 heterocycles. The second-order valence-electron chi connectivity index (χ2n) is 3.54. The summed E-state index contributed by atoms with van der Waals surface area (Å²) in [6, 6.07) is 2.55. The molecule has 0 fully saturated rings. The van der Waals surface area contributed by atoms with Crippen LogP contribution < -0.4 is 15.2 Å². The van der Waals surface area contributed by atoms with Crippen LogP contribution in [0.15, 0.2) is 12.1 Å². The Balaban J connectivity index is 2.50. The highest BCUT2D eigenvalue weighted by Gasteiger charge is 2.27. The predicted molar refractivity (Wildman–Crippen MR) is 52.8 cm³/mol. The first-order valence-electron chi connectivity index (χ1n) is 4.66. The topological polar surface area (TPSA) is 84.9 Å². The first-order chi connectivity index (χ1) is 7.11. The zero-order valence-electron chi connectivity index (χ0n) is 8.30. The molecule has 15 heavy (non-hydrogen) atoms. The molecule has 1 aliphatic rings. The fourth-order valence-electron chi connectivity index (χ4n) is 1.53. The zero-order valence-corrected chi connectivity index (χ0v) is 8.30. The van der Waals surface area contributed by atoms with E-state index < -0.39 is 12.1 Å². The minimum atomic E-state index is -0.971. The fourth-order valence-corrected chi connectivity index (χ4v) is 1.53. The van der Waals surface area contributed by atoms with Crippen LogP contribution in [0.4, 0.5) is 0 Å². The molecule has 0 radical (unpaired) electrons. The highest BCUT2D eigenvalue weighted by molar-refractivity contribution is 5.55. The number of hydrogen-bond donors (Lipinski definition) is 3. The lowest BCUT2D eigenvalue weighted by atomic mass is 10.0. The maximum Gasteiger partial charge on any atom is 0.231 e. The van der Waals surface area contributed by atoms with E-state index in [2.05, 4.69) is 0 Å². The van der Waals surface area contributed by atoms with Crippen LogP contribution in [0.1, 0.15) is 18.6 Å². The first kappa shape index (κ1) is 10.1. The first-order valence-corrected chi connectivity index (χ1v) is 4.66. The van der Waals surface area contributed by atoms with Crippen molar-refractivity contribution in [2.45, 2.75) is 19.1 Å². The van der Waals surface area contributed by atoms with E-state index in [1.807, 2.05) is 0 Å². The van der Waals surface area contributed by atoms with E-state index in [-0.39, 0.29) is 12.5 Å². The Hall–Kier alpha value is -1.46. The van der Waals surface area contributed by atoms with Gasteiger partial charge in [-0.3, -0.25) is 0 Å². The fraction of sp³-hybridized carbons (Fsp3) is 0.400. The van der Waals surface area contributed by atoms with E-state index >= 15 is 0 Å². The van der Waals surface area contributed by atoms with Crippen molar-refractivity contribution < 1.29 is 19.7 Å². The molecule has 82 valence electrons. The van der Waals surface area contributed by atoms with Gasteiger partial charge in [0.2, 0.25) is 6.79 Å². The number of phenolic OH excluding ortho intramolecular Hbond substituents is 1. The molecule has 0 bridgehead atoms. The van der Waals surface area contributed by atoms with Crippen molar-refractivity contribution in [3.05, 3.63) is 17.7 Å². The molecular formula is C10H13NO4. The molecule has 1 aromatic carbocycles. The summed E-state index contributed by atoms with van der Waals surface area (Å²) in [5, 5.41) is 19.5. The molecule has 0 amide bonds. The van der Waals surface area contributed by atoms with Crippen molar-refractivity contribution in [3.63, 3.8) is 0 Å². The van der Waals surface area contributed by atoms with Crippen LogP contribution in [0.5, 0.6) is 17.2 Å². The largest absolute Gasteiger partial charge is 0.507 e. The monoisotopic (exact) mass is 211 g/mol. The molecule has 0 saturated heterocycles. The lowest BCUT2D eigenvalue weighted by Crippen LogP contribution is -2.24. The van der Waals surface area contributed by atoms with Gasteiger partial charge in [0, 0.05) is 6.04 Å². The Morgan fingerprint density at radius 3 is 2.80 bits per heavy atom. The van der Waals surface area contributed by atoms with Gasteiger partial charge in [-0.1, -0.05) is 0 Å². The lowest BCUT2D eigenvalue weighted by molar-refractivity contribution is 0.139. The third kappa shape index (κ3) is 1.60. The van der Waals surface area contributed by atoms with Gasteiger partial charge in [-0.15, -0.1) is 0 Å². The average molecular weight is 211 g/mol. The highest BCUT2D eigenvalue weighted by atomic mass is 16.7. The number of hydrogen-bond acceptors (Lipinski definition) is 5. The number of aliphatic hydroxyl groups excluding tert-OH is 1. The Morgan fingerprint density at radius 2 is 2.13 bits per heavy atom. The number of ether oxygens (including phenoxy) is 2. The van der Waals surface area contributed by atoms with Crippen molar-refractivity contribution in [1.29, 1.82) is 0 Å². The number of nitrogens with two attached hydrogens (primary N) is 1. The summed E-state index contributed by atoms with van der Waals surface area (Å²) in [5.41, 5.74) is 5.87. The van der Waals surface area contributed by atoms with Gasteiger partial charge >= 0.3 is 0 Å². The van der Waals surface area contributed by atoms with Crippen LogP contribution in [0, 0.1) is 0 Å². The van der Waals surface area contributed by atoms with Gasteiger partial charge in [0.15, 0.2) is 11.5 Å². The minimum absolute atomic E-state index is 0.0379. The number of aliphatic hydroxyl groups is 1. The van der Waals surface area contributed by atoms with Gasteiger partial charge in [-0.05, 0) is 19.1 Å². The van der Waals surface area contributed by atoms with Crippen LogP contribution in [0.2, 0.25) is 0 Å². The maximum absolute atomic E-state index is 9.82. The maximum atomic E-state index is 9.82. The Morgan fingerprint density at radius 1 is 1.40 bits per heavy atom. The van der Waals surface area contributed by atoms with Crippen molar-refractivity contribution in [3.8, 4) is 17.2 Å². The Bertz CT molecular complexity index is 378.